The van der Waals surface area contributed by atoms with Crippen LogP contribution in [0.25, 0.3) is 0 Å². The number of hydrazone groups is 1. The maximum Gasteiger partial charge on any atom is 0.277 e. The third-order valence-corrected chi connectivity index (χ3v) is 5.66. The van der Waals surface area contributed by atoms with Crippen molar-refractivity contribution in [1.29, 1.82) is 0 Å². The summed E-state index contributed by atoms with van der Waals surface area (Å²) in [5.74, 6) is 0.931. The molecular weight excluding hydrogens is 524 g/mol. The Bertz CT molecular complexity index is 933. The molecule has 0 heterocycles. The summed E-state index contributed by atoms with van der Waals surface area (Å²) in [4.78, 5) is 12.1. The zero-order valence-corrected chi connectivity index (χ0v) is 22.1. The molecule has 5 nitrogen and oxygen atoms in total. The topological polar surface area (TPSA) is 59.9 Å². The number of hydrogen-bond acceptors (Lipinski definition) is 4. The fraction of sp³-hybridized carbons (Fsp3) is 0.417. The number of ether oxygens (including phenoxy) is 2. The minimum absolute atomic E-state index is 0.0609. The molecule has 0 spiro atoms. The number of amides is 1. The van der Waals surface area contributed by atoms with E-state index in [2.05, 4.69) is 89.1 Å². The molecule has 0 fully saturated rings. The molecule has 0 aliphatic heterocycles. The average molecular weight is 554 g/mol. The van der Waals surface area contributed by atoms with Gasteiger partial charge in [0.15, 0.2) is 6.61 Å². The van der Waals surface area contributed by atoms with Gasteiger partial charge in [0.1, 0.15) is 11.5 Å². The quantitative estimate of drug-likeness (QED) is 0.301. The van der Waals surface area contributed by atoms with Crippen molar-refractivity contribution in [2.24, 2.45) is 10.5 Å². The van der Waals surface area contributed by atoms with Crippen LogP contribution in [-0.4, -0.2) is 25.8 Å². The molecule has 2 aromatic carbocycles. The minimum atomic E-state index is -0.346. The number of carbonyl (C=O) groups excluding carboxylic acids is 1. The third kappa shape index (κ3) is 7.96. The zero-order chi connectivity index (χ0) is 23.2. The number of benzene rings is 2. The molecule has 2 aromatic rings. The van der Waals surface area contributed by atoms with Crippen molar-refractivity contribution in [1.82, 2.24) is 5.43 Å². The number of nitrogens with one attached hydrogen (secondary N) is 1. The Labute approximate surface area is 201 Å². The van der Waals surface area contributed by atoms with Gasteiger partial charge in [-0.3, -0.25) is 4.79 Å². The molecule has 0 aromatic heterocycles. The highest BCUT2D eigenvalue weighted by molar-refractivity contribution is 9.11. The molecule has 31 heavy (non-hydrogen) atoms. The summed E-state index contributed by atoms with van der Waals surface area (Å²) in [6.45, 7) is 11.1. The van der Waals surface area contributed by atoms with Crippen molar-refractivity contribution in [2.45, 2.75) is 46.5 Å². The van der Waals surface area contributed by atoms with Crippen LogP contribution < -0.4 is 14.9 Å². The lowest BCUT2D eigenvalue weighted by atomic mass is 9.72. The monoisotopic (exact) mass is 552 g/mol. The number of nitrogens with zero attached hydrogens (tertiary/aromatic N) is 1. The molecule has 168 valence electrons. The van der Waals surface area contributed by atoms with Gasteiger partial charge in [-0.05, 0) is 63.0 Å². The third-order valence-electron chi connectivity index (χ3n) is 4.61. The molecule has 0 bridgehead atoms. The minimum Gasteiger partial charge on any atom is -0.495 e. The van der Waals surface area contributed by atoms with Crippen LogP contribution in [0.2, 0.25) is 0 Å². The molecule has 0 aliphatic carbocycles. The highest BCUT2D eigenvalue weighted by Crippen LogP contribution is 2.36. The summed E-state index contributed by atoms with van der Waals surface area (Å²) in [6, 6.07) is 11.7. The Morgan fingerprint density at radius 3 is 2.32 bits per heavy atom. The van der Waals surface area contributed by atoms with E-state index in [1.807, 2.05) is 24.3 Å². The molecule has 0 aliphatic rings. The van der Waals surface area contributed by atoms with Crippen LogP contribution in [0.5, 0.6) is 11.5 Å². The van der Waals surface area contributed by atoms with Gasteiger partial charge in [0.2, 0.25) is 0 Å². The van der Waals surface area contributed by atoms with Gasteiger partial charge in [-0.15, -0.1) is 0 Å². The Morgan fingerprint density at radius 1 is 1.10 bits per heavy atom. The van der Waals surface area contributed by atoms with Crippen LogP contribution in [-0.2, 0) is 10.2 Å². The second-order valence-corrected chi connectivity index (χ2v) is 11.0. The SMILES string of the molecule is COc1c(Br)cc(Br)cc1C=NNC(=O)COc1ccc(C(C)(C)CC(C)(C)C)cc1. The molecule has 1 N–H and O–H groups in total. The summed E-state index contributed by atoms with van der Waals surface area (Å²) in [5, 5.41) is 4.00. The number of methoxy groups -OCH3 is 1. The molecule has 0 radical (unpaired) electrons. The lowest BCUT2D eigenvalue weighted by Crippen LogP contribution is -2.25. The summed E-state index contributed by atoms with van der Waals surface area (Å²) in [5.41, 5.74) is 4.75. The van der Waals surface area contributed by atoms with E-state index in [1.165, 1.54) is 11.8 Å². The smallest absolute Gasteiger partial charge is 0.277 e. The Hall–Kier alpha value is -1.86. The average Bonchev–Trinajstić information content (AvgIpc) is 2.64. The van der Waals surface area contributed by atoms with E-state index in [9.17, 15) is 4.79 Å². The first-order valence-corrected chi connectivity index (χ1v) is 11.6. The van der Waals surface area contributed by atoms with Crippen molar-refractivity contribution in [3.05, 3.63) is 56.5 Å². The van der Waals surface area contributed by atoms with Gasteiger partial charge in [-0.25, -0.2) is 5.43 Å². The van der Waals surface area contributed by atoms with E-state index >= 15 is 0 Å². The first-order chi connectivity index (χ1) is 14.4. The molecule has 7 heteroatoms. The lowest BCUT2D eigenvalue weighted by Gasteiger charge is -2.33. The van der Waals surface area contributed by atoms with E-state index in [0.29, 0.717) is 11.5 Å². The lowest BCUT2D eigenvalue weighted by molar-refractivity contribution is -0.123. The van der Waals surface area contributed by atoms with Gasteiger partial charge in [0.25, 0.3) is 5.91 Å². The van der Waals surface area contributed by atoms with Crippen molar-refractivity contribution in [3.8, 4) is 11.5 Å². The summed E-state index contributed by atoms with van der Waals surface area (Å²) >= 11 is 6.86. The van der Waals surface area contributed by atoms with E-state index in [1.54, 1.807) is 7.11 Å². The van der Waals surface area contributed by atoms with Crippen LogP contribution >= 0.6 is 31.9 Å². The Kier molecular flexibility index (Phi) is 8.72. The second-order valence-electron chi connectivity index (χ2n) is 9.24. The van der Waals surface area contributed by atoms with E-state index in [-0.39, 0.29) is 23.3 Å². The first kappa shape index (κ1) is 25.4. The van der Waals surface area contributed by atoms with Crippen LogP contribution in [0.1, 0.15) is 52.2 Å². The largest absolute Gasteiger partial charge is 0.495 e. The van der Waals surface area contributed by atoms with Crippen molar-refractivity contribution >= 4 is 44.0 Å². The molecule has 0 saturated carbocycles. The van der Waals surface area contributed by atoms with E-state index < -0.39 is 0 Å². The summed E-state index contributed by atoms with van der Waals surface area (Å²) < 4.78 is 12.6. The maximum atomic E-state index is 12.1. The molecule has 1 amide bonds. The Balaban J connectivity index is 1.91. The summed E-state index contributed by atoms with van der Waals surface area (Å²) in [6.07, 6.45) is 2.60. The maximum absolute atomic E-state index is 12.1. The van der Waals surface area contributed by atoms with E-state index in [0.717, 1.165) is 20.9 Å². The summed E-state index contributed by atoms with van der Waals surface area (Å²) in [7, 11) is 1.58. The van der Waals surface area contributed by atoms with Gasteiger partial charge in [-0.1, -0.05) is 62.7 Å². The number of carbonyl (C=O) groups is 1. The van der Waals surface area contributed by atoms with Crippen molar-refractivity contribution in [2.75, 3.05) is 13.7 Å². The molecule has 0 unspecified atom stereocenters. The van der Waals surface area contributed by atoms with Gasteiger partial charge in [0, 0.05) is 10.0 Å². The van der Waals surface area contributed by atoms with Crippen LogP contribution in [0, 0.1) is 5.41 Å². The van der Waals surface area contributed by atoms with Gasteiger partial charge < -0.3 is 9.47 Å². The van der Waals surface area contributed by atoms with E-state index in [4.69, 9.17) is 9.47 Å². The van der Waals surface area contributed by atoms with Crippen molar-refractivity contribution < 1.29 is 14.3 Å². The fourth-order valence-electron chi connectivity index (χ4n) is 3.68. The van der Waals surface area contributed by atoms with Gasteiger partial charge in [-0.2, -0.15) is 5.10 Å². The molecule has 0 saturated heterocycles. The number of halogens is 2. The fourth-order valence-corrected chi connectivity index (χ4v) is 5.10. The normalized spacial score (nSPS) is 12.1. The van der Waals surface area contributed by atoms with Gasteiger partial charge in [0.05, 0.1) is 17.8 Å². The highest BCUT2D eigenvalue weighted by Gasteiger charge is 2.27. The zero-order valence-electron chi connectivity index (χ0n) is 18.9. The van der Waals surface area contributed by atoms with Gasteiger partial charge >= 0.3 is 0 Å². The second kappa shape index (κ2) is 10.6. The predicted molar refractivity (Wildman–Crippen MR) is 133 cm³/mol. The standard InChI is InChI=1S/C24H30Br2N2O3/c1-23(2,3)15-24(4,5)17-7-9-19(10-8-17)31-14-21(29)28-27-13-16-11-18(25)12-20(26)22(16)30-6/h7-13H,14-15H2,1-6H3,(H,28,29). The van der Waals surface area contributed by atoms with Crippen molar-refractivity contribution in [3.63, 3.8) is 0 Å². The van der Waals surface area contributed by atoms with Crippen LogP contribution in [0.3, 0.4) is 0 Å². The highest BCUT2D eigenvalue weighted by atomic mass is 79.9. The van der Waals surface area contributed by atoms with Crippen LogP contribution in [0.4, 0.5) is 0 Å². The molecule has 0 atom stereocenters. The Morgan fingerprint density at radius 2 is 1.74 bits per heavy atom. The number of hydrogen-bond donors (Lipinski definition) is 1. The first-order valence-electron chi connectivity index (χ1n) is 9.99. The van der Waals surface area contributed by atoms with Crippen LogP contribution in [0.15, 0.2) is 50.4 Å². The predicted octanol–water partition coefficient (Wildman–Crippen LogP) is 6.46. The molecular formula is C24H30Br2N2O3. The number of rotatable bonds is 8. The molecule has 2 rings (SSSR count).